The topological polar surface area (TPSA) is 90.9 Å². The summed E-state index contributed by atoms with van der Waals surface area (Å²) >= 11 is 5.97. The zero-order chi connectivity index (χ0) is 27.3. The van der Waals surface area contributed by atoms with Crippen LogP contribution in [0.3, 0.4) is 0 Å². The van der Waals surface area contributed by atoms with Crippen LogP contribution in [-0.2, 0) is 21.4 Å². The maximum atomic E-state index is 13.2. The van der Waals surface area contributed by atoms with Crippen LogP contribution in [0.15, 0.2) is 29.3 Å². The number of rotatable bonds is 11. The lowest BCUT2D eigenvalue weighted by molar-refractivity contribution is -0.151. The molecule has 206 valence electrons. The highest BCUT2D eigenvalue weighted by Crippen LogP contribution is 2.71. The number of halogens is 5. The number of carbonyl (C=O) groups excluding carboxylic acids is 1. The Morgan fingerprint density at radius 2 is 1.84 bits per heavy atom. The molecule has 37 heavy (non-hydrogen) atoms. The SMILES string of the molecule is CC1(C)N=C(C23CC(N(Cc4ccc(Cl)cc4)S(=O)(=O)CCCF)(C2)C3)N[C@H]1C(=O)NCCC(F)(F)F. The number of alkyl halides is 4. The van der Waals surface area contributed by atoms with Crippen LogP contribution >= 0.6 is 11.6 Å². The van der Waals surface area contributed by atoms with Crippen molar-refractivity contribution in [2.24, 2.45) is 10.4 Å². The van der Waals surface area contributed by atoms with Crippen molar-refractivity contribution in [1.29, 1.82) is 0 Å². The summed E-state index contributed by atoms with van der Waals surface area (Å²) in [6.45, 7) is 2.36. The van der Waals surface area contributed by atoms with E-state index in [0.717, 1.165) is 5.56 Å². The summed E-state index contributed by atoms with van der Waals surface area (Å²) in [6, 6.07) is 6.06. The molecule has 7 nitrogen and oxygen atoms in total. The molecule has 5 rings (SSSR count). The molecule has 1 aromatic rings. The van der Waals surface area contributed by atoms with Crippen molar-refractivity contribution < 1.29 is 30.8 Å². The Bertz CT molecular complexity index is 1150. The second kappa shape index (κ2) is 9.68. The predicted molar refractivity (Wildman–Crippen MR) is 133 cm³/mol. The number of benzene rings is 1. The van der Waals surface area contributed by atoms with Gasteiger partial charge in [-0.15, -0.1) is 0 Å². The number of carbonyl (C=O) groups is 1. The fraction of sp³-hybridized carbons (Fsp3) is 0.667. The Morgan fingerprint density at radius 3 is 2.41 bits per heavy atom. The van der Waals surface area contributed by atoms with Gasteiger partial charge in [0, 0.05) is 29.1 Å². The molecule has 3 fully saturated rings. The molecule has 2 bridgehead atoms. The fourth-order valence-electron chi connectivity index (χ4n) is 5.70. The molecule has 13 heteroatoms. The van der Waals surface area contributed by atoms with Gasteiger partial charge in [0.2, 0.25) is 15.9 Å². The Balaban J connectivity index is 1.45. The molecule has 4 aliphatic rings. The molecule has 2 N–H and O–H groups in total. The highest BCUT2D eigenvalue weighted by molar-refractivity contribution is 7.89. The Labute approximate surface area is 219 Å². The van der Waals surface area contributed by atoms with E-state index in [1.165, 1.54) is 4.31 Å². The van der Waals surface area contributed by atoms with E-state index in [9.17, 15) is 30.8 Å². The van der Waals surface area contributed by atoms with E-state index < -0.39 is 64.3 Å². The first kappa shape index (κ1) is 28.1. The smallest absolute Gasteiger partial charge is 0.360 e. The van der Waals surface area contributed by atoms with Crippen molar-refractivity contribution in [2.45, 2.75) is 75.8 Å². The van der Waals surface area contributed by atoms with Crippen molar-refractivity contribution in [1.82, 2.24) is 14.9 Å². The molecule has 3 saturated carbocycles. The molecule has 1 aromatic carbocycles. The van der Waals surface area contributed by atoms with E-state index in [1.807, 2.05) is 0 Å². The van der Waals surface area contributed by atoms with Crippen LogP contribution in [0.25, 0.3) is 0 Å². The van der Waals surface area contributed by atoms with Gasteiger partial charge in [0.05, 0.1) is 24.4 Å². The number of sulfonamides is 1. The average Bonchev–Trinajstić information content (AvgIpc) is 3.05. The first-order valence-corrected chi connectivity index (χ1v) is 14.1. The highest BCUT2D eigenvalue weighted by atomic mass is 35.5. The third-order valence-electron chi connectivity index (χ3n) is 7.50. The van der Waals surface area contributed by atoms with E-state index in [2.05, 4.69) is 10.6 Å². The van der Waals surface area contributed by atoms with Crippen LogP contribution < -0.4 is 10.6 Å². The number of hydrogen-bond donors (Lipinski definition) is 2. The van der Waals surface area contributed by atoms with Crippen molar-refractivity contribution in [3.8, 4) is 0 Å². The zero-order valence-electron chi connectivity index (χ0n) is 20.7. The van der Waals surface area contributed by atoms with Crippen LogP contribution in [0.5, 0.6) is 0 Å². The summed E-state index contributed by atoms with van der Waals surface area (Å²) in [5.74, 6) is -0.270. The van der Waals surface area contributed by atoms with Crippen molar-refractivity contribution in [2.75, 3.05) is 19.0 Å². The number of nitrogens with zero attached hydrogens (tertiary/aromatic N) is 2. The van der Waals surface area contributed by atoms with E-state index in [1.54, 1.807) is 38.1 Å². The van der Waals surface area contributed by atoms with E-state index >= 15 is 0 Å². The molecule has 1 atom stereocenters. The van der Waals surface area contributed by atoms with Gasteiger partial charge in [-0.3, -0.25) is 14.2 Å². The Kier molecular flexibility index (Phi) is 7.35. The van der Waals surface area contributed by atoms with Gasteiger partial charge >= 0.3 is 6.18 Å². The molecule has 3 aliphatic carbocycles. The van der Waals surface area contributed by atoms with Crippen molar-refractivity contribution in [3.63, 3.8) is 0 Å². The highest BCUT2D eigenvalue weighted by Gasteiger charge is 2.75. The van der Waals surface area contributed by atoms with Crippen LogP contribution in [0.4, 0.5) is 17.6 Å². The summed E-state index contributed by atoms with van der Waals surface area (Å²) in [7, 11) is -3.75. The molecule has 0 radical (unpaired) electrons. The summed E-state index contributed by atoms with van der Waals surface area (Å²) in [6.07, 6.45) is -4.09. The lowest BCUT2D eigenvalue weighted by Crippen LogP contribution is -2.78. The lowest BCUT2D eigenvalue weighted by Gasteiger charge is -2.73. The third-order valence-corrected chi connectivity index (χ3v) is 9.75. The Morgan fingerprint density at radius 1 is 1.22 bits per heavy atom. The fourth-order valence-corrected chi connectivity index (χ4v) is 7.65. The minimum absolute atomic E-state index is 0.0890. The predicted octanol–water partition coefficient (Wildman–Crippen LogP) is 3.97. The largest absolute Gasteiger partial charge is 0.390 e. The van der Waals surface area contributed by atoms with Gasteiger partial charge in [-0.1, -0.05) is 23.7 Å². The normalized spacial score (nSPS) is 28.2. The van der Waals surface area contributed by atoms with E-state index in [4.69, 9.17) is 16.6 Å². The number of hydrogen-bond acceptors (Lipinski definition) is 5. The second-order valence-corrected chi connectivity index (χ2v) is 13.3. The molecule has 1 aliphatic heterocycles. The van der Waals surface area contributed by atoms with Gasteiger partial charge in [0.25, 0.3) is 0 Å². The van der Waals surface area contributed by atoms with Crippen LogP contribution in [0.1, 0.15) is 51.5 Å². The monoisotopic (exact) mass is 566 g/mol. The summed E-state index contributed by atoms with van der Waals surface area (Å²) < 4.78 is 78.1. The van der Waals surface area contributed by atoms with Crippen molar-refractivity contribution >= 4 is 33.4 Å². The number of amidine groups is 1. The minimum atomic E-state index is -4.36. The summed E-state index contributed by atoms with van der Waals surface area (Å²) in [5, 5.41) is 5.98. The van der Waals surface area contributed by atoms with Gasteiger partial charge in [-0.25, -0.2) is 8.42 Å². The summed E-state index contributed by atoms with van der Waals surface area (Å²) in [5.41, 5.74) is -1.17. The van der Waals surface area contributed by atoms with Crippen LogP contribution in [-0.4, -0.2) is 66.7 Å². The van der Waals surface area contributed by atoms with Gasteiger partial charge in [0.1, 0.15) is 11.9 Å². The van der Waals surface area contributed by atoms with Gasteiger partial charge < -0.3 is 10.6 Å². The minimum Gasteiger partial charge on any atom is -0.360 e. The summed E-state index contributed by atoms with van der Waals surface area (Å²) in [4.78, 5) is 17.3. The Hall–Kier alpha value is -1.92. The standard InChI is InChI=1S/C24H31ClF4N4O3S/c1-21(2)18(19(34)30-10-8-24(27,28)29)31-20(32-21)22-13-23(14-22,15-22)33(37(35,36)11-3-9-26)12-16-4-6-17(25)7-5-16/h4-7,18H,3,8-15H2,1-2H3,(H,30,34)(H,31,32)/t18-,22?,23?/m0/s1. The first-order chi connectivity index (χ1) is 17.1. The van der Waals surface area contributed by atoms with Crippen LogP contribution in [0, 0.1) is 5.41 Å². The number of aliphatic imine (C=N–C) groups is 1. The van der Waals surface area contributed by atoms with Crippen LogP contribution in [0.2, 0.25) is 5.02 Å². The lowest BCUT2D eigenvalue weighted by atomic mass is 9.38. The molecule has 0 aromatic heterocycles. The third kappa shape index (κ3) is 5.61. The average molecular weight is 567 g/mol. The zero-order valence-corrected chi connectivity index (χ0v) is 22.2. The quantitative estimate of drug-likeness (QED) is 0.397. The van der Waals surface area contributed by atoms with Crippen molar-refractivity contribution in [3.05, 3.63) is 34.9 Å². The maximum absolute atomic E-state index is 13.2. The van der Waals surface area contributed by atoms with Gasteiger partial charge in [-0.2, -0.15) is 17.5 Å². The molecule has 0 saturated heterocycles. The molecule has 0 spiro atoms. The molecular weight excluding hydrogens is 536 g/mol. The van der Waals surface area contributed by atoms with E-state index in [0.29, 0.717) is 30.1 Å². The second-order valence-electron chi connectivity index (χ2n) is 10.9. The molecule has 0 unspecified atom stereocenters. The molecule has 1 heterocycles. The van der Waals surface area contributed by atoms with Gasteiger partial charge in [-0.05, 0) is 57.2 Å². The molecular formula is C24H31ClF4N4O3S. The number of nitrogens with one attached hydrogen (secondary N) is 2. The maximum Gasteiger partial charge on any atom is 0.390 e. The van der Waals surface area contributed by atoms with E-state index in [-0.39, 0.29) is 18.7 Å². The first-order valence-electron chi connectivity index (χ1n) is 12.1. The molecule has 1 amide bonds. The number of amides is 1. The van der Waals surface area contributed by atoms with Gasteiger partial charge in [0.15, 0.2) is 0 Å².